The second-order valence-electron chi connectivity index (χ2n) is 3.59. The number of hydrogen-bond acceptors (Lipinski definition) is 1. The highest BCUT2D eigenvalue weighted by molar-refractivity contribution is 5.07. The second kappa shape index (κ2) is 2.81. The van der Waals surface area contributed by atoms with Gasteiger partial charge in [0.25, 0.3) is 5.56 Å². The van der Waals surface area contributed by atoms with Gasteiger partial charge in [0.1, 0.15) is 0 Å². The van der Waals surface area contributed by atoms with Crippen molar-refractivity contribution in [2.45, 2.75) is 31.6 Å². The summed E-state index contributed by atoms with van der Waals surface area (Å²) in [5, 5.41) is 3.09. The molecule has 3 nitrogen and oxygen atoms in total. The van der Waals surface area contributed by atoms with Gasteiger partial charge in [0.2, 0.25) is 0 Å². The van der Waals surface area contributed by atoms with Crippen molar-refractivity contribution in [3.05, 3.63) is 22.1 Å². The largest absolute Gasteiger partial charge is 0.300 e. The number of rotatable bonds is 1. The first-order valence-corrected chi connectivity index (χ1v) is 4.53. The maximum atomic E-state index is 11.1. The van der Waals surface area contributed by atoms with Gasteiger partial charge in [-0.2, -0.15) is 0 Å². The summed E-state index contributed by atoms with van der Waals surface area (Å²) in [5.74, 6) is 0.610. The summed E-state index contributed by atoms with van der Waals surface area (Å²) < 4.78 is 1.55. The SMILES string of the molecule is Cn1[nH]c(C2CCCC2)cc1=O. The summed E-state index contributed by atoms with van der Waals surface area (Å²) >= 11 is 0. The summed E-state index contributed by atoms with van der Waals surface area (Å²) in [6.07, 6.45) is 5.09. The van der Waals surface area contributed by atoms with Crippen LogP contribution in [0.25, 0.3) is 0 Å². The van der Waals surface area contributed by atoms with Crippen molar-refractivity contribution in [1.29, 1.82) is 0 Å². The molecule has 0 amide bonds. The summed E-state index contributed by atoms with van der Waals surface area (Å²) in [5.41, 5.74) is 1.21. The molecule has 2 rings (SSSR count). The smallest absolute Gasteiger partial charge is 0.266 e. The molecule has 0 bridgehead atoms. The normalized spacial score (nSPS) is 18.8. The number of aromatic nitrogens is 2. The molecule has 1 aliphatic rings. The molecule has 0 aliphatic heterocycles. The fourth-order valence-electron chi connectivity index (χ4n) is 1.96. The lowest BCUT2D eigenvalue weighted by Crippen LogP contribution is -2.09. The Morgan fingerprint density at radius 2 is 2.17 bits per heavy atom. The maximum Gasteiger partial charge on any atom is 0.266 e. The van der Waals surface area contributed by atoms with Crippen molar-refractivity contribution in [3.8, 4) is 0 Å². The number of hydrogen-bond donors (Lipinski definition) is 1. The van der Waals surface area contributed by atoms with Crippen LogP contribution in [0.4, 0.5) is 0 Å². The first-order chi connectivity index (χ1) is 5.77. The molecule has 1 N–H and O–H groups in total. The van der Waals surface area contributed by atoms with Crippen LogP contribution in [0.3, 0.4) is 0 Å². The zero-order valence-corrected chi connectivity index (χ0v) is 7.34. The average Bonchev–Trinajstić information content (AvgIpc) is 2.61. The molecule has 12 heavy (non-hydrogen) atoms. The summed E-state index contributed by atoms with van der Waals surface area (Å²) in [6, 6.07) is 1.73. The van der Waals surface area contributed by atoms with Gasteiger partial charge in [-0.05, 0) is 12.8 Å². The van der Waals surface area contributed by atoms with Crippen molar-refractivity contribution in [2.75, 3.05) is 0 Å². The van der Waals surface area contributed by atoms with Crippen LogP contribution < -0.4 is 5.56 Å². The monoisotopic (exact) mass is 166 g/mol. The number of nitrogens with one attached hydrogen (secondary N) is 1. The molecule has 0 saturated heterocycles. The molecule has 0 atom stereocenters. The average molecular weight is 166 g/mol. The highest BCUT2D eigenvalue weighted by atomic mass is 16.1. The summed E-state index contributed by atoms with van der Waals surface area (Å²) in [6.45, 7) is 0. The molecule has 0 spiro atoms. The molecule has 1 fully saturated rings. The van der Waals surface area contributed by atoms with Gasteiger partial charge in [0.05, 0.1) is 0 Å². The van der Waals surface area contributed by atoms with Crippen molar-refractivity contribution >= 4 is 0 Å². The van der Waals surface area contributed by atoms with E-state index in [1.807, 2.05) is 0 Å². The van der Waals surface area contributed by atoms with Crippen molar-refractivity contribution < 1.29 is 0 Å². The minimum Gasteiger partial charge on any atom is -0.300 e. The van der Waals surface area contributed by atoms with Crippen LogP contribution in [0.1, 0.15) is 37.3 Å². The standard InChI is InChI=1S/C9H14N2O/c1-11-9(12)6-8(10-11)7-4-2-3-5-7/h6-7,10H,2-5H2,1H3. The zero-order chi connectivity index (χ0) is 8.55. The van der Waals surface area contributed by atoms with E-state index >= 15 is 0 Å². The fourth-order valence-corrected chi connectivity index (χ4v) is 1.96. The minimum absolute atomic E-state index is 0.0805. The van der Waals surface area contributed by atoms with Gasteiger partial charge in [-0.1, -0.05) is 12.8 Å². The molecular formula is C9H14N2O. The Bertz CT molecular complexity index is 318. The number of aromatic amines is 1. The maximum absolute atomic E-state index is 11.1. The highest BCUT2D eigenvalue weighted by Crippen LogP contribution is 2.32. The van der Waals surface area contributed by atoms with E-state index in [1.165, 1.54) is 25.7 Å². The number of nitrogens with zero attached hydrogens (tertiary/aromatic N) is 1. The van der Waals surface area contributed by atoms with E-state index in [-0.39, 0.29) is 5.56 Å². The van der Waals surface area contributed by atoms with E-state index < -0.39 is 0 Å². The second-order valence-corrected chi connectivity index (χ2v) is 3.59. The van der Waals surface area contributed by atoms with E-state index in [1.54, 1.807) is 17.8 Å². The Labute approximate surface area is 71.4 Å². The lowest BCUT2D eigenvalue weighted by molar-refractivity contribution is 0.652. The van der Waals surface area contributed by atoms with Crippen LogP contribution in [-0.2, 0) is 7.05 Å². The fraction of sp³-hybridized carbons (Fsp3) is 0.667. The van der Waals surface area contributed by atoms with Gasteiger partial charge in [0, 0.05) is 24.7 Å². The lowest BCUT2D eigenvalue weighted by atomic mass is 10.1. The molecular weight excluding hydrogens is 152 g/mol. The van der Waals surface area contributed by atoms with Crippen LogP contribution in [0.2, 0.25) is 0 Å². The van der Waals surface area contributed by atoms with E-state index in [4.69, 9.17) is 0 Å². The van der Waals surface area contributed by atoms with Crippen LogP contribution in [0, 0.1) is 0 Å². The van der Waals surface area contributed by atoms with Crippen molar-refractivity contribution in [3.63, 3.8) is 0 Å². The van der Waals surface area contributed by atoms with Crippen LogP contribution >= 0.6 is 0 Å². The topological polar surface area (TPSA) is 37.8 Å². The third-order valence-corrected chi connectivity index (χ3v) is 2.70. The third-order valence-electron chi connectivity index (χ3n) is 2.70. The Morgan fingerprint density at radius 3 is 2.67 bits per heavy atom. The zero-order valence-electron chi connectivity index (χ0n) is 7.34. The van der Waals surface area contributed by atoms with Gasteiger partial charge in [-0.15, -0.1) is 0 Å². The van der Waals surface area contributed by atoms with Gasteiger partial charge < -0.3 is 0 Å². The molecule has 0 unspecified atom stereocenters. The van der Waals surface area contributed by atoms with Crippen molar-refractivity contribution in [1.82, 2.24) is 9.78 Å². The third kappa shape index (κ3) is 1.19. The molecule has 1 saturated carbocycles. The van der Waals surface area contributed by atoms with Gasteiger partial charge >= 0.3 is 0 Å². The Balaban J connectivity index is 2.27. The lowest BCUT2D eigenvalue weighted by Gasteiger charge is -2.03. The minimum atomic E-state index is 0.0805. The van der Waals surface area contributed by atoms with E-state index in [0.29, 0.717) is 5.92 Å². The first-order valence-electron chi connectivity index (χ1n) is 4.53. The number of H-pyrrole nitrogens is 1. The molecule has 0 aromatic carbocycles. The first kappa shape index (κ1) is 7.65. The predicted octanol–water partition coefficient (Wildman–Crippen LogP) is 1.37. The van der Waals surface area contributed by atoms with E-state index in [0.717, 1.165) is 5.69 Å². The quantitative estimate of drug-likeness (QED) is 0.672. The molecule has 0 radical (unpaired) electrons. The molecule has 1 aromatic rings. The molecule has 1 aromatic heterocycles. The highest BCUT2D eigenvalue weighted by Gasteiger charge is 2.18. The van der Waals surface area contributed by atoms with Gasteiger partial charge in [-0.3, -0.25) is 14.6 Å². The van der Waals surface area contributed by atoms with Gasteiger partial charge in [0.15, 0.2) is 0 Å². The molecule has 1 heterocycles. The molecule has 3 heteroatoms. The Morgan fingerprint density at radius 1 is 1.50 bits per heavy atom. The number of aryl methyl sites for hydroxylation is 1. The molecule has 1 aliphatic carbocycles. The Hall–Kier alpha value is -0.990. The molecule has 66 valence electrons. The van der Waals surface area contributed by atoms with E-state index in [9.17, 15) is 4.79 Å². The predicted molar refractivity (Wildman–Crippen MR) is 47.2 cm³/mol. The van der Waals surface area contributed by atoms with E-state index in [2.05, 4.69) is 5.10 Å². The van der Waals surface area contributed by atoms with Crippen molar-refractivity contribution in [2.24, 2.45) is 7.05 Å². The van der Waals surface area contributed by atoms with Gasteiger partial charge in [-0.25, -0.2) is 0 Å². The van der Waals surface area contributed by atoms with Crippen LogP contribution in [0.15, 0.2) is 10.9 Å². The van der Waals surface area contributed by atoms with Crippen LogP contribution in [0.5, 0.6) is 0 Å². The Kier molecular flexibility index (Phi) is 1.79. The summed E-state index contributed by atoms with van der Waals surface area (Å²) in [4.78, 5) is 11.1. The summed E-state index contributed by atoms with van der Waals surface area (Å²) in [7, 11) is 1.76. The van der Waals surface area contributed by atoms with Crippen LogP contribution in [-0.4, -0.2) is 9.78 Å².